The van der Waals surface area contributed by atoms with Crippen LogP contribution in [0.15, 0.2) is 0 Å². The highest BCUT2D eigenvalue weighted by molar-refractivity contribution is 4.86. The minimum Gasteiger partial charge on any atom is -0.314 e. The average molecular weight is 266 g/mol. The number of likely N-dealkylation sites (tertiary alicyclic amines) is 1. The van der Waals surface area contributed by atoms with Crippen LogP contribution in [0.2, 0.25) is 0 Å². The van der Waals surface area contributed by atoms with Gasteiger partial charge in [0.25, 0.3) is 0 Å². The number of hydrogen-bond donors (Lipinski definition) is 1. The highest BCUT2D eigenvalue weighted by Gasteiger charge is 2.31. The Bertz CT molecular complexity index is 266. The highest BCUT2D eigenvalue weighted by Crippen LogP contribution is 2.38. The van der Waals surface area contributed by atoms with Crippen LogP contribution in [-0.4, -0.2) is 37.6 Å². The number of hydrogen-bond acceptors (Lipinski definition) is 2. The summed E-state index contributed by atoms with van der Waals surface area (Å²) in [6.45, 7) is 11.1. The lowest BCUT2D eigenvalue weighted by atomic mass is 9.70. The van der Waals surface area contributed by atoms with E-state index in [9.17, 15) is 0 Å². The van der Waals surface area contributed by atoms with Crippen molar-refractivity contribution in [2.75, 3.05) is 26.7 Å². The molecule has 0 amide bonds. The van der Waals surface area contributed by atoms with Gasteiger partial charge in [-0.1, -0.05) is 20.8 Å². The summed E-state index contributed by atoms with van der Waals surface area (Å²) < 4.78 is 0. The molecule has 2 fully saturated rings. The van der Waals surface area contributed by atoms with Crippen LogP contribution in [-0.2, 0) is 0 Å². The Balaban J connectivity index is 1.65. The van der Waals surface area contributed by atoms with Crippen LogP contribution in [0.1, 0.15) is 59.3 Å². The smallest absolute Gasteiger partial charge is 0.00746 e. The van der Waals surface area contributed by atoms with E-state index in [-0.39, 0.29) is 0 Å². The van der Waals surface area contributed by atoms with Crippen molar-refractivity contribution in [2.24, 2.45) is 17.3 Å². The zero-order chi connectivity index (χ0) is 13.9. The number of piperidine rings is 1. The van der Waals surface area contributed by atoms with Crippen molar-refractivity contribution in [3.63, 3.8) is 0 Å². The Kier molecular flexibility index (Phi) is 5.30. The van der Waals surface area contributed by atoms with Gasteiger partial charge in [0, 0.05) is 6.04 Å². The van der Waals surface area contributed by atoms with Crippen LogP contribution in [0.25, 0.3) is 0 Å². The second-order valence-electron chi connectivity index (χ2n) is 8.10. The summed E-state index contributed by atoms with van der Waals surface area (Å²) in [7, 11) is 2.25. The molecule has 2 heteroatoms. The van der Waals surface area contributed by atoms with Crippen molar-refractivity contribution < 1.29 is 0 Å². The van der Waals surface area contributed by atoms with Gasteiger partial charge in [-0.05, 0) is 82.5 Å². The van der Waals surface area contributed by atoms with E-state index >= 15 is 0 Å². The van der Waals surface area contributed by atoms with Gasteiger partial charge in [-0.3, -0.25) is 0 Å². The van der Waals surface area contributed by atoms with E-state index in [0.717, 1.165) is 17.9 Å². The standard InChI is InChI=1S/C17H34N2/c1-14-11-16(13-17(2,3)12-14)18-8-5-15-6-9-19(4)10-7-15/h14-16,18H,5-13H2,1-4H3. The summed E-state index contributed by atoms with van der Waals surface area (Å²) in [4.78, 5) is 2.47. The lowest BCUT2D eigenvalue weighted by Gasteiger charge is -2.39. The molecule has 1 saturated heterocycles. The van der Waals surface area contributed by atoms with Gasteiger partial charge >= 0.3 is 0 Å². The highest BCUT2D eigenvalue weighted by atomic mass is 15.1. The first-order valence-corrected chi connectivity index (χ1v) is 8.36. The normalized spacial score (nSPS) is 33.5. The zero-order valence-corrected chi connectivity index (χ0v) is 13.5. The van der Waals surface area contributed by atoms with Crippen molar-refractivity contribution in [2.45, 2.75) is 65.3 Å². The van der Waals surface area contributed by atoms with Gasteiger partial charge in [-0.25, -0.2) is 0 Å². The van der Waals surface area contributed by atoms with Crippen LogP contribution in [0.5, 0.6) is 0 Å². The fourth-order valence-corrected chi connectivity index (χ4v) is 4.34. The molecule has 1 heterocycles. The summed E-state index contributed by atoms with van der Waals surface area (Å²) >= 11 is 0. The van der Waals surface area contributed by atoms with Crippen LogP contribution in [0.3, 0.4) is 0 Å². The first-order chi connectivity index (χ1) is 8.94. The molecule has 1 saturated carbocycles. The molecule has 2 rings (SSSR count). The van der Waals surface area contributed by atoms with Crippen LogP contribution in [0.4, 0.5) is 0 Å². The van der Waals surface area contributed by atoms with E-state index in [1.54, 1.807) is 0 Å². The summed E-state index contributed by atoms with van der Waals surface area (Å²) in [5.74, 6) is 1.86. The molecule has 0 aromatic carbocycles. The van der Waals surface area contributed by atoms with E-state index < -0.39 is 0 Å². The minimum absolute atomic E-state index is 0.545. The Morgan fingerprint density at radius 3 is 2.47 bits per heavy atom. The van der Waals surface area contributed by atoms with Crippen molar-refractivity contribution in [1.29, 1.82) is 0 Å². The van der Waals surface area contributed by atoms with Gasteiger partial charge in [0.1, 0.15) is 0 Å². The molecule has 19 heavy (non-hydrogen) atoms. The van der Waals surface area contributed by atoms with Crippen molar-refractivity contribution in [3.05, 3.63) is 0 Å². The monoisotopic (exact) mass is 266 g/mol. The van der Waals surface area contributed by atoms with Gasteiger partial charge < -0.3 is 10.2 Å². The summed E-state index contributed by atoms with van der Waals surface area (Å²) in [6, 6.07) is 0.769. The maximum absolute atomic E-state index is 3.85. The van der Waals surface area contributed by atoms with E-state index in [4.69, 9.17) is 0 Å². The topological polar surface area (TPSA) is 15.3 Å². The largest absolute Gasteiger partial charge is 0.314 e. The SMILES string of the molecule is CC1CC(NCCC2CCN(C)CC2)CC(C)(C)C1. The Morgan fingerprint density at radius 1 is 1.16 bits per heavy atom. The summed E-state index contributed by atoms with van der Waals surface area (Å²) in [5, 5.41) is 3.85. The Morgan fingerprint density at radius 2 is 1.84 bits per heavy atom. The van der Waals surface area contributed by atoms with Gasteiger partial charge in [-0.15, -0.1) is 0 Å². The van der Waals surface area contributed by atoms with E-state index in [1.807, 2.05) is 0 Å². The van der Waals surface area contributed by atoms with Crippen LogP contribution in [0, 0.1) is 17.3 Å². The summed E-state index contributed by atoms with van der Waals surface area (Å²) in [5.41, 5.74) is 0.545. The quantitative estimate of drug-likeness (QED) is 0.837. The molecule has 0 spiro atoms. The first kappa shape index (κ1) is 15.3. The predicted molar refractivity (Wildman–Crippen MR) is 83.4 cm³/mol. The van der Waals surface area contributed by atoms with E-state index in [2.05, 4.69) is 38.0 Å². The van der Waals surface area contributed by atoms with Crippen molar-refractivity contribution >= 4 is 0 Å². The molecule has 0 aromatic rings. The average Bonchev–Trinajstić information content (AvgIpc) is 2.29. The minimum atomic E-state index is 0.545. The van der Waals surface area contributed by atoms with Crippen LogP contribution >= 0.6 is 0 Å². The molecule has 1 aliphatic heterocycles. The third-order valence-electron chi connectivity index (χ3n) is 5.21. The molecule has 0 aromatic heterocycles. The van der Waals surface area contributed by atoms with E-state index in [0.29, 0.717) is 5.41 Å². The first-order valence-electron chi connectivity index (χ1n) is 8.36. The number of nitrogens with zero attached hydrogens (tertiary/aromatic N) is 1. The van der Waals surface area contributed by atoms with E-state index in [1.165, 1.54) is 58.2 Å². The lowest BCUT2D eigenvalue weighted by molar-refractivity contribution is 0.148. The lowest BCUT2D eigenvalue weighted by Crippen LogP contribution is -2.41. The molecule has 0 bridgehead atoms. The molecule has 2 aliphatic rings. The van der Waals surface area contributed by atoms with Gasteiger partial charge in [0.15, 0.2) is 0 Å². The fourth-order valence-electron chi connectivity index (χ4n) is 4.34. The van der Waals surface area contributed by atoms with Gasteiger partial charge in [0.2, 0.25) is 0 Å². The predicted octanol–water partition coefficient (Wildman–Crippen LogP) is 3.52. The van der Waals surface area contributed by atoms with Gasteiger partial charge in [0.05, 0.1) is 0 Å². The number of rotatable bonds is 4. The molecule has 1 N–H and O–H groups in total. The zero-order valence-electron chi connectivity index (χ0n) is 13.5. The second-order valence-corrected chi connectivity index (χ2v) is 8.10. The molecule has 2 nitrogen and oxygen atoms in total. The third-order valence-corrected chi connectivity index (χ3v) is 5.21. The Labute approximate surface area is 120 Å². The third kappa shape index (κ3) is 5.07. The molecular weight excluding hydrogens is 232 g/mol. The molecule has 0 radical (unpaired) electrons. The van der Waals surface area contributed by atoms with Crippen molar-refractivity contribution in [1.82, 2.24) is 10.2 Å². The maximum Gasteiger partial charge on any atom is 0.00746 e. The molecule has 2 atom stereocenters. The number of nitrogens with one attached hydrogen (secondary N) is 1. The summed E-state index contributed by atoms with van der Waals surface area (Å²) in [6.07, 6.45) is 8.36. The van der Waals surface area contributed by atoms with Crippen LogP contribution < -0.4 is 5.32 Å². The van der Waals surface area contributed by atoms with Gasteiger partial charge in [-0.2, -0.15) is 0 Å². The molecular formula is C17H34N2. The molecule has 112 valence electrons. The molecule has 2 unspecified atom stereocenters. The van der Waals surface area contributed by atoms with Crippen molar-refractivity contribution in [3.8, 4) is 0 Å². The maximum atomic E-state index is 3.85. The second kappa shape index (κ2) is 6.58. The Hall–Kier alpha value is -0.0800. The molecule has 1 aliphatic carbocycles. The fraction of sp³-hybridized carbons (Fsp3) is 1.00.